The van der Waals surface area contributed by atoms with Crippen molar-refractivity contribution in [3.05, 3.63) is 30.0 Å². The summed E-state index contributed by atoms with van der Waals surface area (Å²) in [5.41, 5.74) is 0.805. The van der Waals surface area contributed by atoms with Crippen molar-refractivity contribution >= 4 is 11.0 Å². The molecule has 1 aromatic heterocycles. The van der Waals surface area contributed by atoms with E-state index >= 15 is 0 Å². The second-order valence-corrected chi connectivity index (χ2v) is 3.59. The van der Waals surface area contributed by atoms with Crippen LogP contribution in [0.5, 0.6) is 5.75 Å². The van der Waals surface area contributed by atoms with Crippen LogP contribution in [0.2, 0.25) is 0 Å². The highest BCUT2D eigenvalue weighted by molar-refractivity contribution is 5.85. The summed E-state index contributed by atoms with van der Waals surface area (Å²) >= 11 is 0. The van der Waals surface area contributed by atoms with Gasteiger partial charge in [0.25, 0.3) is 0 Å². The maximum Gasteiger partial charge on any atom is 0.181 e. The quantitative estimate of drug-likeness (QED) is 0.789. The molecule has 0 bridgehead atoms. The molecule has 0 aliphatic carbocycles. The van der Waals surface area contributed by atoms with Crippen molar-refractivity contribution in [3.63, 3.8) is 0 Å². The van der Waals surface area contributed by atoms with E-state index in [0.717, 1.165) is 23.2 Å². The van der Waals surface area contributed by atoms with Crippen molar-refractivity contribution < 1.29 is 9.15 Å². The van der Waals surface area contributed by atoms with Gasteiger partial charge in [-0.05, 0) is 19.1 Å². The maximum atomic E-state index is 8.76. The lowest BCUT2D eigenvalue weighted by Crippen LogP contribution is -2.08. The van der Waals surface area contributed by atoms with Crippen molar-refractivity contribution in [1.29, 1.82) is 5.26 Å². The molecule has 1 atom stereocenters. The SMILES string of the molecule is CCc1oc2ccccc2c1OC(C)C#N. The molecule has 0 fully saturated rings. The van der Waals surface area contributed by atoms with E-state index in [0.29, 0.717) is 5.75 Å². The Morgan fingerprint density at radius 3 is 2.88 bits per heavy atom. The van der Waals surface area contributed by atoms with Gasteiger partial charge in [-0.3, -0.25) is 0 Å². The summed E-state index contributed by atoms with van der Waals surface area (Å²) in [7, 11) is 0. The molecule has 0 radical (unpaired) electrons. The Hall–Kier alpha value is -1.95. The highest BCUT2D eigenvalue weighted by Crippen LogP contribution is 2.33. The first kappa shape index (κ1) is 10.6. The molecular formula is C13H13NO2. The number of rotatable bonds is 3. The van der Waals surface area contributed by atoms with E-state index in [1.54, 1.807) is 6.92 Å². The number of benzene rings is 1. The first-order valence-electron chi connectivity index (χ1n) is 5.33. The van der Waals surface area contributed by atoms with Crippen LogP contribution in [-0.4, -0.2) is 6.10 Å². The van der Waals surface area contributed by atoms with Crippen molar-refractivity contribution in [2.75, 3.05) is 0 Å². The fourth-order valence-electron chi connectivity index (χ4n) is 1.64. The number of ether oxygens (including phenoxy) is 1. The number of para-hydroxylation sites is 1. The van der Waals surface area contributed by atoms with Crippen LogP contribution in [0.1, 0.15) is 19.6 Å². The van der Waals surface area contributed by atoms with Crippen LogP contribution in [0.3, 0.4) is 0 Å². The second kappa shape index (κ2) is 4.28. The molecule has 3 nitrogen and oxygen atoms in total. The number of nitriles is 1. The number of aryl methyl sites for hydroxylation is 1. The van der Waals surface area contributed by atoms with Gasteiger partial charge in [-0.2, -0.15) is 5.26 Å². The maximum absolute atomic E-state index is 8.76. The fraction of sp³-hybridized carbons (Fsp3) is 0.308. The third kappa shape index (κ3) is 1.74. The van der Waals surface area contributed by atoms with E-state index in [1.165, 1.54) is 0 Å². The average molecular weight is 215 g/mol. The highest BCUT2D eigenvalue weighted by atomic mass is 16.5. The zero-order chi connectivity index (χ0) is 11.5. The summed E-state index contributed by atoms with van der Waals surface area (Å²) in [6, 6.07) is 9.75. The Kier molecular flexibility index (Phi) is 2.82. The van der Waals surface area contributed by atoms with Crippen LogP contribution >= 0.6 is 0 Å². The van der Waals surface area contributed by atoms with Crippen LogP contribution in [0.4, 0.5) is 0 Å². The van der Waals surface area contributed by atoms with Gasteiger partial charge in [0.1, 0.15) is 17.4 Å². The fourth-order valence-corrected chi connectivity index (χ4v) is 1.64. The Balaban J connectivity index is 2.52. The molecule has 1 heterocycles. The van der Waals surface area contributed by atoms with Crippen molar-refractivity contribution in [3.8, 4) is 11.8 Å². The Morgan fingerprint density at radius 1 is 1.44 bits per heavy atom. The predicted molar refractivity (Wildman–Crippen MR) is 61.3 cm³/mol. The standard InChI is InChI=1S/C13H13NO2/c1-3-11-13(15-9(2)8-14)10-6-4-5-7-12(10)16-11/h4-7,9H,3H2,1-2H3. The minimum absolute atomic E-state index is 0.466. The summed E-state index contributed by atoms with van der Waals surface area (Å²) in [5, 5.41) is 9.70. The van der Waals surface area contributed by atoms with Gasteiger partial charge in [0.2, 0.25) is 0 Å². The molecule has 2 rings (SSSR count). The molecule has 1 unspecified atom stereocenters. The van der Waals surface area contributed by atoms with Crippen molar-refractivity contribution in [2.45, 2.75) is 26.4 Å². The molecule has 0 aliphatic heterocycles. The van der Waals surface area contributed by atoms with E-state index in [2.05, 4.69) is 6.07 Å². The van der Waals surface area contributed by atoms with Gasteiger partial charge in [-0.25, -0.2) is 0 Å². The van der Waals surface area contributed by atoms with E-state index in [-0.39, 0.29) is 0 Å². The van der Waals surface area contributed by atoms with E-state index in [1.807, 2.05) is 31.2 Å². The first-order valence-corrected chi connectivity index (χ1v) is 5.33. The molecule has 0 saturated heterocycles. The minimum Gasteiger partial charge on any atom is -0.472 e. The minimum atomic E-state index is -0.466. The number of hydrogen-bond acceptors (Lipinski definition) is 3. The van der Waals surface area contributed by atoms with Gasteiger partial charge < -0.3 is 9.15 Å². The van der Waals surface area contributed by atoms with Gasteiger partial charge in [0.05, 0.1) is 5.39 Å². The lowest BCUT2D eigenvalue weighted by Gasteiger charge is -2.06. The number of hydrogen-bond donors (Lipinski definition) is 0. The topological polar surface area (TPSA) is 46.2 Å². The summed E-state index contributed by atoms with van der Waals surface area (Å²) in [5.74, 6) is 1.50. The van der Waals surface area contributed by atoms with Crippen LogP contribution in [-0.2, 0) is 6.42 Å². The van der Waals surface area contributed by atoms with Crippen LogP contribution in [0.25, 0.3) is 11.0 Å². The van der Waals surface area contributed by atoms with E-state index in [4.69, 9.17) is 14.4 Å². The largest absolute Gasteiger partial charge is 0.472 e. The first-order chi connectivity index (χ1) is 7.76. The summed E-state index contributed by atoms with van der Waals surface area (Å²) in [6.45, 7) is 3.73. The lowest BCUT2D eigenvalue weighted by molar-refractivity contribution is 0.271. The monoisotopic (exact) mass is 215 g/mol. The predicted octanol–water partition coefficient (Wildman–Crippen LogP) is 3.29. The molecule has 0 spiro atoms. The van der Waals surface area contributed by atoms with Crippen LogP contribution < -0.4 is 4.74 Å². The van der Waals surface area contributed by atoms with E-state index in [9.17, 15) is 0 Å². The third-order valence-electron chi connectivity index (χ3n) is 2.42. The zero-order valence-electron chi connectivity index (χ0n) is 9.36. The molecule has 0 saturated carbocycles. The third-order valence-corrected chi connectivity index (χ3v) is 2.42. The number of nitrogens with zero attached hydrogens (tertiary/aromatic N) is 1. The van der Waals surface area contributed by atoms with E-state index < -0.39 is 6.10 Å². The summed E-state index contributed by atoms with van der Waals surface area (Å²) in [6.07, 6.45) is 0.286. The normalized spacial score (nSPS) is 12.3. The zero-order valence-corrected chi connectivity index (χ0v) is 9.36. The van der Waals surface area contributed by atoms with Gasteiger partial charge in [0, 0.05) is 6.42 Å². The molecule has 0 N–H and O–H groups in total. The highest BCUT2D eigenvalue weighted by Gasteiger charge is 2.15. The number of furan rings is 1. The molecule has 2 aromatic rings. The molecule has 3 heteroatoms. The van der Waals surface area contributed by atoms with Gasteiger partial charge in [-0.15, -0.1) is 0 Å². The van der Waals surface area contributed by atoms with Crippen LogP contribution in [0, 0.1) is 11.3 Å². The Labute approximate surface area is 94.2 Å². The molecule has 16 heavy (non-hydrogen) atoms. The Bertz CT molecular complexity index is 536. The second-order valence-electron chi connectivity index (χ2n) is 3.59. The number of fused-ring (bicyclic) bond motifs is 1. The van der Waals surface area contributed by atoms with Crippen molar-refractivity contribution in [1.82, 2.24) is 0 Å². The molecule has 0 amide bonds. The molecule has 0 aliphatic rings. The van der Waals surface area contributed by atoms with Crippen molar-refractivity contribution in [2.24, 2.45) is 0 Å². The summed E-state index contributed by atoms with van der Waals surface area (Å²) in [4.78, 5) is 0. The molecule has 82 valence electrons. The summed E-state index contributed by atoms with van der Waals surface area (Å²) < 4.78 is 11.2. The Morgan fingerprint density at radius 2 is 2.19 bits per heavy atom. The molecular weight excluding hydrogens is 202 g/mol. The van der Waals surface area contributed by atoms with Gasteiger partial charge in [-0.1, -0.05) is 19.1 Å². The van der Waals surface area contributed by atoms with Crippen LogP contribution in [0.15, 0.2) is 28.7 Å². The van der Waals surface area contributed by atoms with Gasteiger partial charge in [0.15, 0.2) is 11.9 Å². The smallest absolute Gasteiger partial charge is 0.181 e. The molecule has 1 aromatic carbocycles. The lowest BCUT2D eigenvalue weighted by atomic mass is 10.2. The average Bonchev–Trinajstić information content (AvgIpc) is 2.67. The van der Waals surface area contributed by atoms with Gasteiger partial charge >= 0.3 is 0 Å².